The van der Waals surface area contributed by atoms with Crippen LogP contribution in [-0.2, 0) is 0 Å². The third-order valence-corrected chi connectivity index (χ3v) is 5.54. The van der Waals surface area contributed by atoms with Gasteiger partial charge >= 0.3 is 0 Å². The van der Waals surface area contributed by atoms with E-state index in [1.165, 1.54) is 34.5 Å². The van der Waals surface area contributed by atoms with Crippen LogP contribution in [-0.4, -0.2) is 30.8 Å². The quantitative estimate of drug-likeness (QED) is 0.275. The Labute approximate surface area is 188 Å². The minimum absolute atomic E-state index is 0.172. The Bertz CT molecular complexity index is 1270. The van der Waals surface area contributed by atoms with Gasteiger partial charge in [0.2, 0.25) is 5.13 Å². The molecule has 32 heavy (non-hydrogen) atoms. The third kappa shape index (κ3) is 4.76. The molecule has 1 aromatic heterocycles. The summed E-state index contributed by atoms with van der Waals surface area (Å²) in [5.74, 6) is 0.448. The fourth-order valence-electron chi connectivity index (χ4n) is 2.98. The Balaban J connectivity index is 1.71. The number of methoxy groups -OCH3 is 1. The first-order valence-electron chi connectivity index (χ1n) is 9.89. The molecule has 0 bridgehead atoms. The lowest BCUT2D eigenvalue weighted by molar-refractivity contribution is 0.0987. The number of thiazole rings is 1. The summed E-state index contributed by atoms with van der Waals surface area (Å²) < 4.78 is 25.3. The molecule has 0 aliphatic rings. The zero-order valence-electron chi connectivity index (χ0n) is 17.5. The molecule has 6 nitrogen and oxygen atoms in total. The Morgan fingerprint density at radius 2 is 1.91 bits per heavy atom. The smallest absolute Gasteiger partial charge is 0.280 e. The van der Waals surface area contributed by atoms with E-state index in [0.29, 0.717) is 23.0 Å². The lowest BCUT2D eigenvalue weighted by Gasteiger charge is -2.14. The molecule has 0 fully saturated rings. The first-order valence-corrected chi connectivity index (χ1v) is 10.7. The molecule has 0 aliphatic heterocycles. The first kappa shape index (κ1) is 21.5. The van der Waals surface area contributed by atoms with Crippen molar-refractivity contribution in [2.45, 2.75) is 6.92 Å². The Morgan fingerprint density at radius 3 is 2.62 bits per heavy atom. The van der Waals surface area contributed by atoms with Gasteiger partial charge in [0.15, 0.2) is 0 Å². The molecular weight excluding hydrogens is 429 g/mol. The van der Waals surface area contributed by atoms with Crippen molar-refractivity contribution in [3.05, 3.63) is 83.7 Å². The topological polar surface area (TPSA) is 64.0 Å². The average molecular weight is 450 g/mol. The second-order valence-corrected chi connectivity index (χ2v) is 7.71. The van der Waals surface area contributed by atoms with Crippen molar-refractivity contribution in [1.29, 1.82) is 0 Å². The summed E-state index contributed by atoms with van der Waals surface area (Å²) in [6.07, 6.45) is 1.56. The number of amides is 1. The second kappa shape index (κ2) is 9.57. The van der Waals surface area contributed by atoms with Gasteiger partial charge in [-0.1, -0.05) is 17.4 Å². The monoisotopic (exact) mass is 449 g/mol. The molecule has 4 aromatic rings. The Hall–Kier alpha value is -3.78. The number of halogens is 1. The van der Waals surface area contributed by atoms with Crippen LogP contribution in [0.15, 0.2) is 71.8 Å². The van der Waals surface area contributed by atoms with Gasteiger partial charge in [0, 0.05) is 5.56 Å². The van der Waals surface area contributed by atoms with E-state index in [1.807, 2.05) is 43.3 Å². The van der Waals surface area contributed by atoms with E-state index in [2.05, 4.69) is 10.1 Å². The van der Waals surface area contributed by atoms with E-state index in [4.69, 9.17) is 9.47 Å². The van der Waals surface area contributed by atoms with Crippen LogP contribution in [0.1, 0.15) is 22.8 Å². The van der Waals surface area contributed by atoms with Crippen LogP contribution in [0.2, 0.25) is 0 Å². The van der Waals surface area contributed by atoms with Crippen LogP contribution >= 0.6 is 11.3 Å². The summed E-state index contributed by atoms with van der Waals surface area (Å²) in [7, 11) is 1.59. The van der Waals surface area contributed by atoms with Crippen molar-refractivity contribution in [1.82, 2.24) is 4.98 Å². The van der Waals surface area contributed by atoms with Gasteiger partial charge < -0.3 is 9.47 Å². The number of benzene rings is 3. The predicted octanol–water partition coefficient (Wildman–Crippen LogP) is 5.52. The van der Waals surface area contributed by atoms with E-state index in [-0.39, 0.29) is 5.56 Å². The summed E-state index contributed by atoms with van der Waals surface area (Å²) >= 11 is 1.29. The number of hydrazone groups is 1. The highest BCUT2D eigenvalue weighted by atomic mass is 32.1. The zero-order chi connectivity index (χ0) is 22.5. The number of anilines is 1. The van der Waals surface area contributed by atoms with Crippen molar-refractivity contribution in [2.75, 3.05) is 18.7 Å². The zero-order valence-corrected chi connectivity index (χ0v) is 18.3. The van der Waals surface area contributed by atoms with Crippen LogP contribution in [0.25, 0.3) is 10.2 Å². The molecule has 8 heteroatoms. The number of hydrogen-bond acceptors (Lipinski definition) is 6. The van der Waals surface area contributed by atoms with Gasteiger partial charge in [0.05, 0.1) is 30.1 Å². The second-order valence-electron chi connectivity index (χ2n) is 6.70. The Morgan fingerprint density at radius 1 is 1.12 bits per heavy atom. The normalized spacial score (nSPS) is 11.1. The molecule has 0 radical (unpaired) electrons. The SMILES string of the molecule is CCOc1ccc(/C=N/N(C(=O)c2cccc(F)c2)c2nc3ccc(OC)cc3s2)cc1. The summed E-state index contributed by atoms with van der Waals surface area (Å²) in [4.78, 5) is 17.8. The molecule has 1 amide bonds. The predicted molar refractivity (Wildman–Crippen MR) is 125 cm³/mol. The highest BCUT2D eigenvalue weighted by Gasteiger charge is 2.21. The van der Waals surface area contributed by atoms with Gasteiger partial charge in [-0.15, -0.1) is 0 Å². The molecule has 0 atom stereocenters. The lowest BCUT2D eigenvalue weighted by Crippen LogP contribution is -2.25. The maximum atomic E-state index is 13.7. The van der Waals surface area contributed by atoms with E-state index in [9.17, 15) is 9.18 Å². The van der Waals surface area contributed by atoms with Crippen molar-refractivity contribution in [3.8, 4) is 11.5 Å². The number of aromatic nitrogens is 1. The molecular formula is C24H20FN3O3S. The lowest BCUT2D eigenvalue weighted by atomic mass is 10.2. The molecule has 0 N–H and O–H groups in total. The first-order chi connectivity index (χ1) is 15.6. The molecule has 0 spiro atoms. The van der Waals surface area contributed by atoms with Crippen LogP contribution in [0.4, 0.5) is 9.52 Å². The third-order valence-electron chi connectivity index (χ3n) is 4.54. The highest BCUT2D eigenvalue weighted by Crippen LogP contribution is 2.32. The molecule has 3 aromatic carbocycles. The molecule has 0 aliphatic carbocycles. The average Bonchev–Trinajstić information content (AvgIpc) is 3.23. The molecule has 0 unspecified atom stereocenters. The van der Waals surface area contributed by atoms with Gasteiger partial charge in [0.25, 0.3) is 5.91 Å². The number of nitrogens with zero attached hydrogens (tertiary/aromatic N) is 3. The summed E-state index contributed by atoms with van der Waals surface area (Å²) in [5, 5.41) is 5.94. The van der Waals surface area contributed by atoms with Crippen LogP contribution in [0.3, 0.4) is 0 Å². The maximum absolute atomic E-state index is 13.7. The van der Waals surface area contributed by atoms with Gasteiger partial charge in [0.1, 0.15) is 17.3 Å². The Kier molecular flexibility index (Phi) is 6.42. The number of carbonyl (C=O) groups is 1. The molecule has 0 saturated carbocycles. The van der Waals surface area contributed by atoms with E-state index in [0.717, 1.165) is 16.0 Å². The van der Waals surface area contributed by atoms with Crippen molar-refractivity contribution < 1.29 is 18.7 Å². The van der Waals surface area contributed by atoms with Gasteiger partial charge in [-0.05, 0) is 73.2 Å². The number of hydrogen-bond donors (Lipinski definition) is 0. The van der Waals surface area contributed by atoms with E-state index < -0.39 is 11.7 Å². The number of fused-ring (bicyclic) bond motifs is 1. The standard InChI is InChI=1S/C24H20FN3O3S/c1-3-31-19-9-7-16(8-10-19)15-26-28(23(29)17-5-4-6-18(25)13-17)24-27-21-12-11-20(30-2)14-22(21)32-24/h4-15H,3H2,1-2H3/b26-15+. The minimum Gasteiger partial charge on any atom is -0.497 e. The van der Waals surface area contributed by atoms with E-state index in [1.54, 1.807) is 25.5 Å². The minimum atomic E-state index is -0.500. The van der Waals surface area contributed by atoms with Gasteiger partial charge in [-0.3, -0.25) is 4.79 Å². The van der Waals surface area contributed by atoms with Gasteiger partial charge in [-0.2, -0.15) is 10.1 Å². The molecule has 162 valence electrons. The summed E-state index contributed by atoms with van der Waals surface area (Å²) in [5.41, 5.74) is 1.65. The molecule has 4 rings (SSSR count). The number of carbonyl (C=O) groups excluding carboxylic acids is 1. The summed E-state index contributed by atoms with van der Waals surface area (Å²) in [6.45, 7) is 2.49. The number of ether oxygens (including phenoxy) is 2. The highest BCUT2D eigenvalue weighted by molar-refractivity contribution is 7.22. The largest absolute Gasteiger partial charge is 0.497 e. The summed E-state index contributed by atoms with van der Waals surface area (Å²) in [6, 6.07) is 18.3. The van der Waals surface area contributed by atoms with E-state index >= 15 is 0 Å². The fraction of sp³-hybridized carbons (Fsp3) is 0.125. The van der Waals surface area contributed by atoms with Crippen molar-refractivity contribution >= 4 is 38.8 Å². The molecule has 1 heterocycles. The molecule has 0 saturated heterocycles. The van der Waals surface area contributed by atoms with Crippen molar-refractivity contribution in [2.24, 2.45) is 5.10 Å². The number of rotatable bonds is 7. The van der Waals surface area contributed by atoms with Crippen LogP contribution < -0.4 is 14.5 Å². The van der Waals surface area contributed by atoms with Crippen LogP contribution in [0.5, 0.6) is 11.5 Å². The fourth-order valence-corrected chi connectivity index (χ4v) is 3.93. The van der Waals surface area contributed by atoms with Gasteiger partial charge in [-0.25, -0.2) is 9.37 Å². The maximum Gasteiger partial charge on any atom is 0.280 e. The van der Waals surface area contributed by atoms with Crippen LogP contribution in [0, 0.1) is 5.82 Å². The van der Waals surface area contributed by atoms with Crippen molar-refractivity contribution in [3.63, 3.8) is 0 Å².